The monoisotopic (exact) mass is 615 g/mol. The van der Waals surface area contributed by atoms with E-state index in [4.69, 9.17) is 0 Å². The van der Waals surface area contributed by atoms with E-state index in [1.165, 1.54) is 29.2 Å². The Morgan fingerprint density at radius 1 is 0.818 bits per heavy atom. The molecule has 44 heavy (non-hydrogen) atoms. The predicted octanol–water partition coefficient (Wildman–Crippen LogP) is 5.80. The van der Waals surface area contributed by atoms with Crippen molar-refractivity contribution in [2.45, 2.75) is 51.1 Å². The highest BCUT2D eigenvalue weighted by molar-refractivity contribution is 7.92. The molecule has 0 aliphatic carbocycles. The van der Waals surface area contributed by atoms with Crippen molar-refractivity contribution >= 4 is 27.5 Å². The number of benzene rings is 4. The molecule has 9 heteroatoms. The number of carbonyl (C=O) groups is 2. The van der Waals surface area contributed by atoms with Gasteiger partial charge in [0.25, 0.3) is 10.0 Å². The lowest BCUT2D eigenvalue weighted by Crippen LogP contribution is -2.53. The summed E-state index contributed by atoms with van der Waals surface area (Å²) in [4.78, 5) is 29.5. The number of amides is 2. The van der Waals surface area contributed by atoms with Crippen LogP contribution in [0.2, 0.25) is 0 Å². The Labute approximate surface area is 259 Å². The molecule has 7 nitrogen and oxygen atoms in total. The second kappa shape index (κ2) is 14.8. The number of rotatable bonds is 13. The van der Waals surface area contributed by atoms with Gasteiger partial charge in [-0.05, 0) is 67.8 Å². The number of nitrogens with zero attached hydrogens (tertiary/aromatic N) is 2. The molecule has 0 spiro atoms. The van der Waals surface area contributed by atoms with Crippen LogP contribution in [0.4, 0.5) is 10.1 Å². The van der Waals surface area contributed by atoms with Gasteiger partial charge >= 0.3 is 0 Å². The smallest absolute Gasteiger partial charge is 0.264 e. The molecule has 0 saturated heterocycles. The third-order valence-electron chi connectivity index (χ3n) is 7.26. The summed E-state index contributed by atoms with van der Waals surface area (Å²) < 4.78 is 42.9. The molecule has 0 aliphatic rings. The molecule has 0 radical (unpaired) electrons. The molecule has 0 fully saturated rings. The van der Waals surface area contributed by atoms with E-state index in [0.29, 0.717) is 13.0 Å². The number of carbonyl (C=O) groups excluding carboxylic acids is 2. The number of aryl methyl sites for hydroxylation is 2. The summed E-state index contributed by atoms with van der Waals surface area (Å²) in [6.45, 7) is 5.64. The SMILES string of the molecule is CCCNC(=O)[C@@H](Cc1ccccc1)N(Cc1cccc(C)c1)C(=O)CN(c1ccc(F)cc1)S(=O)(=O)c1ccc(C)cc1. The van der Waals surface area contributed by atoms with E-state index in [2.05, 4.69) is 5.32 Å². The molecule has 4 rings (SSSR count). The normalized spacial score (nSPS) is 11.9. The summed E-state index contributed by atoms with van der Waals surface area (Å²) in [5.41, 5.74) is 3.65. The van der Waals surface area contributed by atoms with Crippen LogP contribution in [0.15, 0.2) is 108 Å². The van der Waals surface area contributed by atoms with E-state index in [-0.39, 0.29) is 29.5 Å². The van der Waals surface area contributed by atoms with Gasteiger partial charge < -0.3 is 10.2 Å². The summed E-state index contributed by atoms with van der Waals surface area (Å²) in [5.74, 6) is -1.44. The Morgan fingerprint density at radius 3 is 2.11 bits per heavy atom. The van der Waals surface area contributed by atoms with Crippen LogP contribution < -0.4 is 9.62 Å². The number of hydrogen-bond acceptors (Lipinski definition) is 4. The van der Waals surface area contributed by atoms with Crippen LogP contribution in [-0.4, -0.2) is 44.3 Å². The number of halogens is 1. The first kappa shape index (κ1) is 32.4. The van der Waals surface area contributed by atoms with Gasteiger partial charge in [-0.1, -0.05) is 84.8 Å². The minimum absolute atomic E-state index is 0.00742. The van der Waals surface area contributed by atoms with Gasteiger partial charge in [0.05, 0.1) is 10.6 Å². The zero-order chi connectivity index (χ0) is 31.7. The summed E-state index contributed by atoms with van der Waals surface area (Å²) in [7, 11) is -4.25. The predicted molar refractivity (Wildman–Crippen MR) is 171 cm³/mol. The van der Waals surface area contributed by atoms with Gasteiger partial charge in [0, 0.05) is 19.5 Å². The Hall–Kier alpha value is -4.50. The van der Waals surface area contributed by atoms with Crippen LogP contribution in [0.1, 0.15) is 35.6 Å². The van der Waals surface area contributed by atoms with Crippen molar-refractivity contribution in [2.75, 3.05) is 17.4 Å². The highest BCUT2D eigenvalue weighted by atomic mass is 32.2. The van der Waals surface area contributed by atoms with Crippen molar-refractivity contribution in [1.29, 1.82) is 0 Å². The van der Waals surface area contributed by atoms with Crippen LogP contribution in [0, 0.1) is 19.7 Å². The molecular weight excluding hydrogens is 577 g/mol. The number of sulfonamides is 1. The maximum atomic E-state index is 14.4. The van der Waals surface area contributed by atoms with Crippen molar-refractivity contribution in [3.8, 4) is 0 Å². The maximum absolute atomic E-state index is 14.4. The van der Waals surface area contributed by atoms with Crippen molar-refractivity contribution in [2.24, 2.45) is 0 Å². The molecule has 1 N–H and O–H groups in total. The molecule has 0 saturated carbocycles. The summed E-state index contributed by atoms with van der Waals surface area (Å²) >= 11 is 0. The molecule has 0 aliphatic heterocycles. The summed E-state index contributed by atoms with van der Waals surface area (Å²) in [5, 5.41) is 2.93. The van der Waals surface area contributed by atoms with E-state index in [9.17, 15) is 22.4 Å². The van der Waals surface area contributed by atoms with E-state index in [1.807, 2.05) is 75.4 Å². The highest BCUT2D eigenvalue weighted by Gasteiger charge is 2.34. The molecule has 0 bridgehead atoms. The third-order valence-corrected chi connectivity index (χ3v) is 9.05. The minimum atomic E-state index is -4.25. The molecule has 0 aromatic heterocycles. The van der Waals surface area contributed by atoms with E-state index in [0.717, 1.165) is 38.7 Å². The van der Waals surface area contributed by atoms with E-state index in [1.54, 1.807) is 12.1 Å². The topological polar surface area (TPSA) is 86.8 Å². The van der Waals surface area contributed by atoms with Gasteiger partial charge in [-0.25, -0.2) is 12.8 Å². The lowest BCUT2D eigenvalue weighted by atomic mass is 10.0. The Kier molecular flexibility index (Phi) is 10.9. The number of hydrogen-bond donors (Lipinski definition) is 1. The molecule has 1 atom stereocenters. The summed E-state index contributed by atoms with van der Waals surface area (Å²) in [6, 6.07) is 27.4. The van der Waals surface area contributed by atoms with Crippen molar-refractivity contribution in [3.05, 3.63) is 131 Å². The van der Waals surface area contributed by atoms with Crippen molar-refractivity contribution in [1.82, 2.24) is 10.2 Å². The molecule has 230 valence electrons. The van der Waals surface area contributed by atoms with Crippen molar-refractivity contribution in [3.63, 3.8) is 0 Å². The lowest BCUT2D eigenvalue weighted by Gasteiger charge is -2.34. The zero-order valence-corrected chi connectivity index (χ0v) is 26.1. The fraction of sp³-hybridized carbons (Fsp3) is 0.257. The van der Waals surface area contributed by atoms with Crippen molar-refractivity contribution < 1.29 is 22.4 Å². The molecular formula is C35H38FN3O4S. The average molecular weight is 616 g/mol. The van der Waals surface area contributed by atoms with Gasteiger partial charge in [-0.2, -0.15) is 0 Å². The first-order valence-electron chi connectivity index (χ1n) is 14.6. The van der Waals surface area contributed by atoms with Gasteiger partial charge in [0.2, 0.25) is 11.8 Å². The standard InChI is InChI=1S/C35H38FN3O4S/c1-4-21-37-35(41)33(23-28-10-6-5-7-11-28)38(24-29-12-8-9-27(3)22-29)34(40)25-39(31-17-15-30(36)16-18-31)44(42,43)32-19-13-26(2)14-20-32/h5-20,22,33H,4,21,23-25H2,1-3H3,(H,37,41)/t33-/m1/s1. The minimum Gasteiger partial charge on any atom is -0.354 e. The van der Waals surface area contributed by atoms with Gasteiger partial charge in [-0.15, -0.1) is 0 Å². The second-order valence-electron chi connectivity index (χ2n) is 10.8. The Balaban J connectivity index is 1.79. The van der Waals surface area contributed by atoms with Gasteiger partial charge in [0.15, 0.2) is 0 Å². The Morgan fingerprint density at radius 2 is 1.48 bits per heavy atom. The zero-order valence-electron chi connectivity index (χ0n) is 25.2. The second-order valence-corrected chi connectivity index (χ2v) is 12.7. The largest absolute Gasteiger partial charge is 0.354 e. The third kappa shape index (κ3) is 8.32. The van der Waals surface area contributed by atoms with E-state index >= 15 is 0 Å². The van der Waals surface area contributed by atoms with Crippen LogP contribution in [0.3, 0.4) is 0 Å². The summed E-state index contributed by atoms with van der Waals surface area (Å²) in [6.07, 6.45) is 0.942. The average Bonchev–Trinajstić information content (AvgIpc) is 3.01. The number of nitrogens with one attached hydrogen (secondary N) is 1. The van der Waals surface area contributed by atoms with E-state index < -0.39 is 34.3 Å². The highest BCUT2D eigenvalue weighted by Crippen LogP contribution is 2.26. The Bertz CT molecular complexity index is 1660. The number of anilines is 1. The van der Waals surface area contributed by atoms with Crippen LogP contribution >= 0.6 is 0 Å². The quantitative estimate of drug-likeness (QED) is 0.206. The van der Waals surface area contributed by atoms with Crippen LogP contribution in [0.25, 0.3) is 0 Å². The van der Waals surface area contributed by atoms with Gasteiger partial charge in [-0.3, -0.25) is 13.9 Å². The first-order chi connectivity index (χ1) is 21.1. The van der Waals surface area contributed by atoms with Gasteiger partial charge in [0.1, 0.15) is 18.4 Å². The maximum Gasteiger partial charge on any atom is 0.264 e. The fourth-order valence-corrected chi connectivity index (χ4v) is 6.31. The van der Waals surface area contributed by atoms with Crippen LogP contribution in [0.5, 0.6) is 0 Å². The first-order valence-corrected chi connectivity index (χ1v) is 16.0. The molecule has 4 aromatic carbocycles. The van der Waals surface area contributed by atoms with Crippen LogP contribution in [-0.2, 0) is 32.6 Å². The molecule has 2 amide bonds. The molecule has 0 unspecified atom stereocenters. The lowest BCUT2D eigenvalue weighted by molar-refractivity contribution is -0.140. The molecule has 0 heterocycles. The molecule has 4 aromatic rings. The fourth-order valence-electron chi connectivity index (χ4n) is 4.90.